The summed E-state index contributed by atoms with van der Waals surface area (Å²) >= 11 is -3.35. The van der Waals surface area contributed by atoms with Gasteiger partial charge in [-0.05, 0) is 0 Å². The van der Waals surface area contributed by atoms with E-state index in [2.05, 4.69) is 108 Å². The van der Waals surface area contributed by atoms with Gasteiger partial charge in [-0.25, -0.2) is 0 Å². The van der Waals surface area contributed by atoms with Gasteiger partial charge in [0.25, 0.3) is 0 Å². The van der Waals surface area contributed by atoms with Crippen LogP contribution in [-0.2, 0) is 0 Å². The molecule has 0 aliphatic heterocycles. The first-order valence-electron chi connectivity index (χ1n) is 8.49. The van der Waals surface area contributed by atoms with Crippen molar-refractivity contribution in [3.05, 3.63) is 116 Å². The van der Waals surface area contributed by atoms with Crippen molar-refractivity contribution in [2.45, 2.75) is 0 Å². The van der Waals surface area contributed by atoms with E-state index >= 15 is 0 Å². The summed E-state index contributed by atoms with van der Waals surface area (Å²) in [5.41, 5.74) is 0. The molecule has 0 atom stereocenters. The fourth-order valence-corrected chi connectivity index (χ4v) is 17.2. The second-order valence-corrected chi connectivity index (χ2v) is 17.0. The van der Waals surface area contributed by atoms with Crippen molar-refractivity contribution in [3.63, 3.8) is 0 Å². The van der Waals surface area contributed by atoms with E-state index in [1.54, 1.807) is 0 Å². The van der Waals surface area contributed by atoms with E-state index in [0.717, 1.165) is 0 Å². The van der Waals surface area contributed by atoms with Gasteiger partial charge in [0.1, 0.15) is 0 Å². The number of benzene rings is 3. The Kier molecular flexibility index (Phi) is 4.66. The molecule has 0 spiro atoms. The molecule has 0 fully saturated rings. The van der Waals surface area contributed by atoms with Gasteiger partial charge in [-0.15, -0.1) is 0 Å². The van der Waals surface area contributed by atoms with Gasteiger partial charge in [-0.3, -0.25) is 0 Å². The molecule has 0 radical (unpaired) electrons. The molecular formula is C23H19NSn. The van der Waals surface area contributed by atoms with Crippen molar-refractivity contribution in [1.29, 1.82) is 0 Å². The molecule has 1 nitrogen and oxygen atoms in total. The van der Waals surface area contributed by atoms with E-state index in [-0.39, 0.29) is 0 Å². The normalized spacial score (nSPS) is 11.2. The molecule has 0 aliphatic rings. The third-order valence-electron chi connectivity index (χ3n) is 4.73. The molecule has 0 saturated heterocycles. The third kappa shape index (κ3) is 2.89. The first kappa shape index (κ1) is 16.1. The average molecular weight is 428 g/mol. The molecule has 3 aromatic carbocycles. The first-order valence-corrected chi connectivity index (χ1v) is 14.2. The second kappa shape index (κ2) is 7.24. The molecule has 0 bridgehead atoms. The van der Waals surface area contributed by atoms with Crippen LogP contribution in [0.4, 0.5) is 0 Å². The zero-order chi connectivity index (χ0) is 17.0. The summed E-state index contributed by atoms with van der Waals surface area (Å²) in [5, 5.41) is 0. The summed E-state index contributed by atoms with van der Waals surface area (Å²) in [6.07, 6.45) is 3.85. The van der Waals surface area contributed by atoms with Crippen molar-refractivity contribution in [1.82, 2.24) is 4.98 Å². The Labute approximate surface area is 152 Å². The number of rotatable bonds is 4. The van der Waals surface area contributed by atoms with Crippen molar-refractivity contribution < 1.29 is 0 Å². The second-order valence-electron chi connectivity index (χ2n) is 6.08. The van der Waals surface area contributed by atoms with E-state index in [0.29, 0.717) is 0 Å². The van der Waals surface area contributed by atoms with Crippen molar-refractivity contribution >= 4 is 32.7 Å². The van der Waals surface area contributed by atoms with Gasteiger partial charge in [-0.2, -0.15) is 0 Å². The molecule has 25 heavy (non-hydrogen) atoms. The first-order chi connectivity index (χ1) is 12.4. The van der Waals surface area contributed by atoms with Crippen molar-refractivity contribution in [2.75, 3.05) is 0 Å². The Morgan fingerprint density at radius 2 is 0.720 bits per heavy atom. The summed E-state index contributed by atoms with van der Waals surface area (Å²) in [5.74, 6) is 0. The Balaban J connectivity index is 2.13. The quantitative estimate of drug-likeness (QED) is 0.456. The number of hydrogen-bond donors (Lipinski definition) is 0. The Morgan fingerprint density at radius 3 is 1.08 bits per heavy atom. The van der Waals surface area contributed by atoms with Crippen LogP contribution in [0, 0.1) is 0 Å². The van der Waals surface area contributed by atoms with E-state index in [4.69, 9.17) is 0 Å². The van der Waals surface area contributed by atoms with E-state index < -0.39 is 18.4 Å². The van der Waals surface area contributed by atoms with Gasteiger partial charge in [-0.1, -0.05) is 0 Å². The van der Waals surface area contributed by atoms with Crippen LogP contribution in [0.25, 0.3) is 0 Å². The van der Waals surface area contributed by atoms with Crippen LogP contribution in [-0.4, -0.2) is 23.4 Å². The molecule has 4 rings (SSSR count). The van der Waals surface area contributed by atoms with Crippen LogP contribution in [0.5, 0.6) is 0 Å². The molecule has 2 heteroatoms. The maximum absolute atomic E-state index is 4.27. The fourth-order valence-electron chi connectivity index (χ4n) is 3.67. The molecule has 1 heterocycles. The predicted octanol–water partition coefficient (Wildman–Crippen LogP) is 2.46. The number of aromatic nitrogens is 1. The van der Waals surface area contributed by atoms with E-state index in [1.807, 2.05) is 12.4 Å². The van der Waals surface area contributed by atoms with Crippen molar-refractivity contribution in [2.24, 2.45) is 0 Å². The molecule has 0 saturated carbocycles. The maximum atomic E-state index is 4.27. The molecule has 1 aromatic heterocycles. The topological polar surface area (TPSA) is 12.9 Å². The Bertz CT molecular complexity index is 759. The zero-order valence-corrected chi connectivity index (χ0v) is 16.8. The molecule has 120 valence electrons. The molecule has 0 aliphatic carbocycles. The van der Waals surface area contributed by atoms with Crippen LogP contribution >= 0.6 is 0 Å². The summed E-state index contributed by atoms with van der Waals surface area (Å²) in [6.45, 7) is 0. The average Bonchev–Trinajstić information content (AvgIpc) is 2.72. The zero-order valence-electron chi connectivity index (χ0n) is 13.9. The van der Waals surface area contributed by atoms with Gasteiger partial charge < -0.3 is 0 Å². The van der Waals surface area contributed by atoms with Crippen molar-refractivity contribution in [3.8, 4) is 0 Å². The SMILES string of the molecule is c1cc[c]([Sn]([c]2ccccc2)([c]2ccccc2)[c]2ccncc2)cc1. The van der Waals surface area contributed by atoms with E-state index in [1.165, 1.54) is 14.3 Å². The minimum absolute atomic E-state index is 1.42. The fraction of sp³-hybridized carbons (Fsp3) is 0. The van der Waals surface area contributed by atoms with Gasteiger partial charge in [0.15, 0.2) is 0 Å². The summed E-state index contributed by atoms with van der Waals surface area (Å²) in [7, 11) is 0. The van der Waals surface area contributed by atoms with Gasteiger partial charge in [0, 0.05) is 0 Å². The van der Waals surface area contributed by atoms with Crippen LogP contribution in [0.15, 0.2) is 116 Å². The molecule has 0 N–H and O–H groups in total. The Morgan fingerprint density at radius 1 is 0.400 bits per heavy atom. The van der Waals surface area contributed by atoms with Gasteiger partial charge in [0.2, 0.25) is 0 Å². The molecular weight excluding hydrogens is 409 g/mol. The van der Waals surface area contributed by atoms with Crippen LogP contribution < -0.4 is 14.3 Å². The van der Waals surface area contributed by atoms with Gasteiger partial charge in [0.05, 0.1) is 0 Å². The van der Waals surface area contributed by atoms with Crippen LogP contribution in [0.1, 0.15) is 0 Å². The summed E-state index contributed by atoms with van der Waals surface area (Å²) < 4.78 is 5.80. The van der Waals surface area contributed by atoms with E-state index in [9.17, 15) is 0 Å². The standard InChI is InChI=1S/3C6H5.C5H4N.Sn/c4*1-2-4-6-5-3-1;/h3*1-5H;2-5H;. The number of pyridine rings is 1. The number of nitrogens with zero attached hydrogens (tertiary/aromatic N) is 1. The minimum atomic E-state index is -3.35. The summed E-state index contributed by atoms with van der Waals surface area (Å²) in [4.78, 5) is 4.27. The molecule has 0 unspecified atom stereocenters. The van der Waals surface area contributed by atoms with Crippen LogP contribution in [0.2, 0.25) is 0 Å². The summed E-state index contributed by atoms with van der Waals surface area (Å²) in [6, 6.07) is 37.5. The van der Waals surface area contributed by atoms with Crippen LogP contribution in [0.3, 0.4) is 0 Å². The number of hydrogen-bond acceptors (Lipinski definition) is 1. The molecule has 4 aromatic rings. The predicted molar refractivity (Wildman–Crippen MR) is 108 cm³/mol. The Hall–Kier alpha value is -2.39. The molecule has 0 amide bonds. The monoisotopic (exact) mass is 429 g/mol. The van der Waals surface area contributed by atoms with Gasteiger partial charge >= 0.3 is 153 Å². The third-order valence-corrected chi connectivity index (χ3v) is 18.4.